The number of halogens is 2. The predicted octanol–water partition coefficient (Wildman–Crippen LogP) is 1.94. The Hall–Kier alpha value is -1.53. The second-order valence-electron chi connectivity index (χ2n) is 4.79. The normalized spacial score (nSPS) is 24.7. The van der Waals surface area contributed by atoms with Gasteiger partial charge in [-0.05, 0) is 12.1 Å². The van der Waals surface area contributed by atoms with Crippen LogP contribution in [0.2, 0.25) is 0 Å². The molecule has 1 aromatic rings. The molecule has 4 nitrogen and oxygen atoms in total. The number of nitrogens with zero attached hydrogens (tertiary/aromatic N) is 1. The molecular formula is C13H14F2N2O2. The first-order chi connectivity index (χ1) is 9.12. The molecule has 19 heavy (non-hydrogen) atoms. The summed E-state index contributed by atoms with van der Waals surface area (Å²) in [6, 6.07) is 1.93. The number of benzene rings is 1. The molecule has 102 valence electrons. The average molecular weight is 268 g/mol. The molecule has 6 heteroatoms. The van der Waals surface area contributed by atoms with E-state index in [1.165, 1.54) is 12.3 Å². The third-order valence-electron chi connectivity index (χ3n) is 3.66. The van der Waals surface area contributed by atoms with Gasteiger partial charge in [-0.2, -0.15) is 4.39 Å². The van der Waals surface area contributed by atoms with Gasteiger partial charge in [-0.1, -0.05) is 0 Å². The molecule has 2 N–H and O–H groups in total. The highest BCUT2D eigenvalue weighted by Gasteiger charge is 2.42. The second kappa shape index (κ2) is 4.54. The fourth-order valence-corrected chi connectivity index (χ4v) is 2.44. The van der Waals surface area contributed by atoms with Crippen molar-refractivity contribution >= 4 is 11.9 Å². The van der Waals surface area contributed by atoms with E-state index >= 15 is 0 Å². The van der Waals surface area contributed by atoms with E-state index in [0.717, 1.165) is 6.07 Å². The zero-order valence-electron chi connectivity index (χ0n) is 10.2. The molecule has 0 bridgehead atoms. The van der Waals surface area contributed by atoms with Crippen LogP contribution in [0.25, 0.3) is 0 Å². The first-order valence-electron chi connectivity index (χ1n) is 6.17. The van der Waals surface area contributed by atoms with E-state index in [2.05, 4.69) is 4.99 Å². The zero-order valence-corrected chi connectivity index (χ0v) is 10.2. The molecule has 1 atom stereocenters. The quantitative estimate of drug-likeness (QED) is 0.782. The average Bonchev–Trinajstić information content (AvgIpc) is 2.55. The molecule has 2 aliphatic rings. The van der Waals surface area contributed by atoms with Gasteiger partial charge in [-0.15, -0.1) is 0 Å². The minimum atomic E-state index is -1.02. The van der Waals surface area contributed by atoms with E-state index in [-0.39, 0.29) is 11.4 Å². The van der Waals surface area contributed by atoms with Gasteiger partial charge in [-0.25, -0.2) is 4.39 Å². The Labute approximate surface area is 109 Å². The van der Waals surface area contributed by atoms with Gasteiger partial charge in [-0.3, -0.25) is 4.99 Å². The summed E-state index contributed by atoms with van der Waals surface area (Å²) in [4.78, 5) is 4.10. The standard InChI is InChI=1S/C13H14F2N2O2/c14-8-1-2-9-12(11(8)15)19-13(10(16)7-17-9)3-5-18-6-4-13/h1-2,7,10H,3-6,16H2. The summed E-state index contributed by atoms with van der Waals surface area (Å²) in [6.45, 7) is 0.960. The van der Waals surface area contributed by atoms with Crippen LogP contribution in [-0.2, 0) is 4.74 Å². The maximum Gasteiger partial charge on any atom is 0.202 e. The summed E-state index contributed by atoms with van der Waals surface area (Å²) < 4.78 is 38.3. The molecule has 1 spiro atoms. The lowest BCUT2D eigenvalue weighted by molar-refractivity contribution is -0.0495. The first kappa shape index (κ1) is 12.5. The molecule has 0 aliphatic carbocycles. The molecule has 1 unspecified atom stereocenters. The monoisotopic (exact) mass is 268 g/mol. The SMILES string of the molecule is NC1C=Nc2ccc(F)c(F)c2OC12CCOCC2. The van der Waals surface area contributed by atoms with Crippen molar-refractivity contribution in [2.24, 2.45) is 10.7 Å². The van der Waals surface area contributed by atoms with Crippen molar-refractivity contribution in [2.75, 3.05) is 13.2 Å². The van der Waals surface area contributed by atoms with Crippen LogP contribution in [0, 0.1) is 11.6 Å². The molecule has 0 radical (unpaired) electrons. The summed E-state index contributed by atoms with van der Waals surface area (Å²) >= 11 is 0. The number of fused-ring (bicyclic) bond motifs is 1. The Kier molecular flexibility index (Phi) is 2.99. The third kappa shape index (κ3) is 2.01. The Balaban J connectivity index is 2.07. The summed E-state index contributed by atoms with van der Waals surface area (Å²) in [5, 5.41) is 0. The van der Waals surface area contributed by atoms with Crippen LogP contribution in [0.5, 0.6) is 5.75 Å². The summed E-state index contributed by atoms with van der Waals surface area (Å²) in [5.74, 6) is -2.13. The van der Waals surface area contributed by atoms with Crippen LogP contribution in [-0.4, -0.2) is 31.1 Å². The molecule has 1 saturated heterocycles. The molecule has 0 saturated carbocycles. The minimum Gasteiger partial charge on any atom is -0.480 e. The van der Waals surface area contributed by atoms with Gasteiger partial charge in [0.15, 0.2) is 11.6 Å². The van der Waals surface area contributed by atoms with Crippen LogP contribution in [0.4, 0.5) is 14.5 Å². The lowest BCUT2D eigenvalue weighted by Gasteiger charge is -2.39. The van der Waals surface area contributed by atoms with E-state index in [1.807, 2.05) is 0 Å². The van der Waals surface area contributed by atoms with Crippen molar-refractivity contribution in [3.05, 3.63) is 23.8 Å². The van der Waals surface area contributed by atoms with E-state index < -0.39 is 23.3 Å². The number of rotatable bonds is 0. The molecular weight excluding hydrogens is 254 g/mol. The molecule has 1 aromatic carbocycles. The van der Waals surface area contributed by atoms with E-state index in [4.69, 9.17) is 15.2 Å². The Morgan fingerprint density at radius 2 is 2.00 bits per heavy atom. The topological polar surface area (TPSA) is 56.8 Å². The Morgan fingerprint density at radius 3 is 2.74 bits per heavy atom. The molecule has 0 amide bonds. The molecule has 0 aromatic heterocycles. The van der Waals surface area contributed by atoms with Crippen molar-refractivity contribution in [1.29, 1.82) is 0 Å². The number of ether oxygens (including phenoxy) is 2. The lowest BCUT2D eigenvalue weighted by Crippen LogP contribution is -2.56. The van der Waals surface area contributed by atoms with E-state index in [1.54, 1.807) is 0 Å². The summed E-state index contributed by atoms with van der Waals surface area (Å²) in [6.07, 6.45) is 2.58. The summed E-state index contributed by atoms with van der Waals surface area (Å²) in [7, 11) is 0. The lowest BCUT2D eigenvalue weighted by atomic mass is 9.87. The van der Waals surface area contributed by atoms with Crippen molar-refractivity contribution < 1.29 is 18.3 Å². The zero-order chi connectivity index (χ0) is 13.5. The van der Waals surface area contributed by atoms with E-state index in [9.17, 15) is 8.78 Å². The van der Waals surface area contributed by atoms with Crippen molar-refractivity contribution in [2.45, 2.75) is 24.5 Å². The maximum absolute atomic E-state index is 13.9. The van der Waals surface area contributed by atoms with Crippen LogP contribution >= 0.6 is 0 Å². The first-order valence-corrected chi connectivity index (χ1v) is 6.17. The predicted molar refractivity (Wildman–Crippen MR) is 65.9 cm³/mol. The van der Waals surface area contributed by atoms with E-state index in [0.29, 0.717) is 26.1 Å². The van der Waals surface area contributed by atoms with Crippen LogP contribution in [0.3, 0.4) is 0 Å². The van der Waals surface area contributed by atoms with Gasteiger partial charge in [0.2, 0.25) is 5.82 Å². The van der Waals surface area contributed by atoms with Crippen molar-refractivity contribution in [3.8, 4) is 5.75 Å². The van der Waals surface area contributed by atoms with Gasteiger partial charge < -0.3 is 15.2 Å². The van der Waals surface area contributed by atoms with Gasteiger partial charge in [0.05, 0.1) is 19.3 Å². The highest BCUT2D eigenvalue weighted by atomic mass is 19.2. The fourth-order valence-electron chi connectivity index (χ4n) is 2.44. The van der Waals surface area contributed by atoms with Crippen molar-refractivity contribution in [1.82, 2.24) is 0 Å². The Bertz CT molecular complexity index is 528. The van der Waals surface area contributed by atoms with Gasteiger partial charge in [0, 0.05) is 19.1 Å². The van der Waals surface area contributed by atoms with Crippen LogP contribution in [0.15, 0.2) is 17.1 Å². The highest BCUT2D eigenvalue weighted by Crippen LogP contribution is 2.40. The molecule has 3 rings (SSSR count). The number of aliphatic imine (C=N–C) groups is 1. The van der Waals surface area contributed by atoms with Crippen LogP contribution < -0.4 is 10.5 Å². The number of hydrogen-bond acceptors (Lipinski definition) is 4. The van der Waals surface area contributed by atoms with Gasteiger partial charge in [0.25, 0.3) is 0 Å². The maximum atomic E-state index is 13.9. The molecule has 1 fully saturated rings. The second-order valence-corrected chi connectivity index (χ2v) is 4.79. The smallest absolute Gasteiger partial charge is 0.202 e. The molecule has 2 heterocycles. The molecule has 2 aliphatic heterocycles. The largest absolute Gasteiger partial charge is 0.480 e. The third-order valence-corrected chi connectivity index (χ3v) is 3.66. The highest BCUT2D eigenvalue weighted by molar-refractivity contribution is 5.74. The number of hydrogen-bond donors (Lipinski definition) is 1. The minimum absolute atomic E-state index is 0.161. The van der Waals surface area contributed by atoms with Crippen molar-refractivity contribution in [3.63, 3.8) is 0 Å². The van der Waals surface area contributed by atoms with Crippen LogP contribution in [0.1, 0.15) is 12.8 Å². The Morgan fingerprint density at radius 1 is 1.26 bits per heavy atom. The number of nitrogens with two attached hydrogens (primary N) is 1. The van der Waals surface area contributed by atoms with Gasteiger partial charge in [0.1, 0.15) is 11.3 Å². The summed E-state index contributed by atoms with van der Waals surface area (Å²) in [5.41, 5.74) is 5.55. The van der Waals surface area contributed by atoms with Gasteiger partial charge >= 0.3 is 0 Å². The fraction of sp³-hybridized carbons (Fsp3) is 0.462.